The van der Waals surface area contributed by atoms with Crippen LogP contribution in [0, 0.1) is 0 Å². The van der Waals surface area contributed by atoms with Gasteiger partial charge in [0.25, 0.3) is 0 Å². The average Bonchev–Trinajstić information content (AvgIpc) is 2.69. The molecule has 1 unspecified atom stereocenters. The highest BCUT2D eigenvalue weighted by Gasteiger charge is 2.28. The highest BCUT2D eigenvalue weighted by molar-refractivity contribution is 9.10. The van der Waals surface area contributed by atoms with E-state index in [1.807, 2.05) is 18.0 Å². The molecule has 0 saturated heterocycles. The highest BCUT2D eigenvalue weighted by atomic mass is 79.9. The van der Waals surface area contributed by atoms with E-state index in [9.17, 15) is 4.79 Å². The lowest BCUT2D eigenvalue weighted by Crippen LogP contribution is -2.40. The first-order valence-electron chi connectivity index (χ1n) is 6.30. The van der Waals surface area contributed by atoms with Gasteiger partial charge in [-0.25, -0.2) is 0 Å². The monoisotopic (exact) mass is 313 g/mol. The molecule has 1 aromatic rings. The summed E-state index contributed by atoms with van der Waals surface area (Å²) < 4.78 is 2.09. The van der Waals surface area contributed by atoms with Crippen LogP contribution in [0.3, 0.4) is 0 Å². The Morgan fingerprint density at radius 2 is 2.17 bits per heavy atom. The zero-order valence-electron chi connectivity index (χ0n) is 11.4. The minimum Gasteiger partial charge on any atom is -0.337 e. The summed E-state index contributed by atoms with van der Waals surface area (Å²) in [5, 5.41) is 4.47. The molecule has 1 aliphatic heterocycles. The fourth-order valence-electron chi connectivity index (χ4n) is 2.35. The molecule has 0 fully saturated rings. The van der Waals surface area contributed by atoms with E-state index in [2.05, 4.69) is 46.5 Å². The quantitative estimate of drug-likeness (QED) is 0.746. The Morgan fingerprint density at radius 1 is 1.50 bits per heavy atom. The minimum atomic E-state index is -0.114. The maximum atomic E-state index is 12.0. The number of hydrogen-bond acceptors (Lipinski definition) is 2. The van der Waals surface area contributed by atoms with E-state index in [1.54, 1.807) is 0 Å². The third kappa shape index (κ3) is 2.46. The van der Waals surface area contributed by atoms with E-state index in [1.165, 1.54) is 11.3 Å². The lowest BCUT2D eigenvalue weighted by atomic mass is 10.0. The van der Waals surface area contributed by atoms with E-state index in [4.69, 9.17) is 0 Å². The summed E-state index contributed by atoms with van der Waals surface area (Å²) in [6.45, 7) is 9.79. The van der Waals surface area contributed by atoms with Crippen molar-refractivity contribution in [2.45, 2.75) is 51.0 Å². The molecule has 1 aliphatic rings. The molecule has 0 bridgehead atoms. The third-order valence-corrected chi connectivity index (χ3v) is 3.61. The first-order valence-corrected chi connectivity index (χ1v) is 7.21. The standard InChI is InChI=1S/C13H20BrN3O/c1-9(14)12(18)16-6-5-11-10(8-16)7-15-17(11)13(2,3)4/h7,9H,5-6,8H2,1-4H3. The largest absolute Gasteiger partial charge is 0.337 e. The maximum Gasteiger partial charge on any atom is 0.236 e. The molecule has 0 radical (unpaired) electrons. The molecule has 18 heavy (non-hydrogen) atoms. The van der Waals surface area contributed by atoms with Crippen LogP contribution in [0.25, 0.3) is 0 Å². The van der Waals surface area contributed by atoms with Crippen molar-refractivity contribution >= 4 is 21.8 Å². The van der Waals surface area contributed by atoms with Gasteiger partial charge in [0.1, 0.15) is 0 Å². The van der Waals surface area contributed by atoms with Crippen molar-refractivity contribution in [1.29, 1.82) is 0 Å². The molecule has 1 atom stereocenters. The molecule has 1 aromatic heterocycles. The normalized spacial score (nSPS) is 17.5. The molecule has 0 spiro atoms. The number of carbonyl (C=O) groups is 1. The Labute approximate surface area is 116 Å². The topological polar surface area (TPSA) is 38.1 Å². The molecular formula is C13H20BrN3O. The SMILES string of the molecule is CC(Br)C(=O)N1CCc2c(cnn2C(C)(C)C)C1. The predicted octanol–water partition coefficient (Wildman–Crippen LogP) is 2.31. The smallest absolute Gasteiger partial charge is 0.236 e. The summed E-state index contributed by atoms with van der Waals surface area (Å²) in [5.74, 6) is 0.157. The van der Waals surface area contributed by atoms with Crippen LogP contribution in [0.1, 0.15) is 39.0 Å². The van der Waals surface area contributed by atoms with Crippen LogP contribution in [-0.4, -0.2) is 32.0 Å². The number of fused-ring (bicyclic) bond motifs is 1. The Morgan fingerprint density at radius 3 is 2.72 bits per heavy atom. The zero-order chi connectivity index (χ0) is 13.5. The fourth-order valence-corrected chi connectivity index (χ4v) is 2.64. The third-order valence-electron chi connectivity index (χ3n) is 3.22. The highest BCUT2D eigenvalue weighted by Crippen LogP contribution is 2.25. The van der Waals surface area contributed by atoms with Gasteiger partial charge in [0, 0.05) is 30.8 Å². The van der Waals surface area contributed by atoms with Crippen molar-refractivity contribution < 1.29 is 4.79 Å². The number of carbonyl (C=O) groups excluding carboxylic acids is 1. The molecule has 100 valence electrons. The number of amides is 1. The molecule has 0 aromatic carbocycles. The van der Waals surface area contributed by atoms with E-state index in [0.717, 1.165) is 13.0 Å². The Hall–Kier alpha value is -0.840. The fraction of sp³-hybridized carbons (Fsp3) is 0.692. The summed E-state index contributed by atoms with van der Waals surface area (Å²) in [5.41, 5.74) is 2.45. The van der Waals surface area contributed by atoms with E-state index in [-0.39, 0.29) is 16.3 Å². The molecular weight excluding hydrogens is 294 g/mol. The second-order valence-electron chi connectivity index (χ2n) is 5.82. The average molecular weight is 314 g/mol. The summed E-state index contributed by atoms with van der Waals surface area (Å²) in [6, 6.07) is 0. The van der Waals surface area contributed by atoms with Gasteiger partial charge >= 0.3 is 0 Å². The van der Waals surface area contributed by atoms with Gasteiger partial charge in [-0.1, -0.05) is 15.9 Å². The lowest BCUT2D eigenvalue weighted by Gasteiger charge is -2.30. The number of rotatable bonds is 1. The zero-order valence-corrected chi connectivity index (χ0v) is 13.0. The van der Waals surface area contributed by atoms with E-state index < -0.39 is 0 Å². The Kier molecular flexibility index (Phi) is 3.54. The van der Waals surface area contributed by atoms with Gasteiger partial charge in [0.2, 0.25) is 5.91 Å². The van der Waals surface area contributed by atoms with Crippen molar-refractivity contribution in [1.82, 2.24) is 14.7 Å². The second kappa shape index (κ2) is 4.68. The van der Waals surface area contributed by atoms with E-state index >= 15 is 0 Å². The van der Waals surface area contributed by atoms with Gasteiger partial charge in [-0.2, -0.15) is 5.10 Å². The first kappa shape index (κ1) is 13.6. The number of aromatic nitrogens is 2. The summed E-state index contributed by atoms with van der Waals surface area (Å²) in [6.07, 6.45) is 2.79. The van der Waals surface area contributed by atoms with Crippen molar-refractivity contribution in [3.8, 4) is 0 Å². The number of hydrogen-bond donors (Lipinski definition) is 0. The van der Waals surface area contributed by atoms with Crippen LogP contribution < -0.4 is 0 Å². The summed E-state index contributed by atoms with van der Waals surface area (Å²) in [7, 11) is 0. The summed E-state index contributed by atoms with van der Waals surface area (Å²) >= 11 is 3.34. The predicted molar refractivity (Wildman–Crippen MR) is 74.7 cm³/mol. The van der Waals surface area contributed by atoms with Crippen LogP contribution in [0.2, 0.25) is 0 Å². The van der Waals surface area contributed by atoms with Crippen LogP contribution in [0.5, 0.6) is 0 Å². The van der Waals surface area contributed by atoms with Crippen molar-refractivity contribution in [3.05, 3.63) is 17.5 Å². The van der Waals surface area contributed by atoms with Crippen molar-refractivity contribution in [3.63, 3.8) is 0 Å². The number of alkyl halides is 1. The van der Waals surface area contributed by atoms with Crippen LogP contribution in [0.15, 0.2) is 6.20 Å². The minimum absolute atomic E-state index is 0.00246. The van der Waals surface area contributed by atoms with Crippen LogP contribution in [-0.2, 0) is 23.3 Å². The molecule has 0 aliphatic carbocycles. The molecule has 2 heterocycles. The summed E-state index contributed by atoms with van der Waals surface area (Å²) in [4.78, 5) is 13.7. The molecule has 4 nitrogen and oxygen atoms in total. The number of nitrogens with zero attached hydrogens (tertiary/aromatic N) is 3. The molecule has 5 heteroatoms. The van der Waals surface area contributed by atoms with Crippen molar-refractivity contribution in [2.24, 2.45) is 0 Å². The molecule has 0 saturated carbocycles. The van der Waals surface area contributed by atoms with Gasteiger partial charge in [0.15, 0.2) is 0 Å². The van der Waals surface area contributed by atoms with Gasteiger partial charge in [0.05, 0.1) is 16.6 Å². The maximum absolute atomic E-state index is 12.0. The van der Waals surface area contributed by atoms with E-state index in [0.29, 0.717) is 6.54 Å². The van der Waals surface area contributed by atoms with Gasteiger partial charge in [-0.05, 0) is 27.7 Å². The first-order chi connectivity index (χ1) is 8.30. The lowest BCUT2D eigenvalue weighted by molar-refractivity contribution is -0.131. The van der Waals surface area contributed by atoms with Gasteiger partial charge < -0.3 is 4.90 Å². The van der Waals surface area contributed by atoms with Gasteiger partial charge in [-0.3, -0.25) is 9.48 Å². The van der Waals surface area contributed by atoms with Gasteiger partial charge in [-0.15, -0.1) is 0 Å². The van der Waals surface area contributed by atoms with Crippen molar-refractivity contribution in [2.75, 3.05) is 6.54 Å². The van der Waals surface area contributed by atoms with Crippen LogP contribution in [0.4, 0.5) is 0 Å². The second-order valence-corrected chi connectivity index (χ2v) is 7.20. The Balaban J connectivity index is 2.23. The molecule has 0 N–H and O–H groups in total. The Bertz CT molecular complexity index is 459. The number of halogens is 1. The van der Waals surface area contributed by atoms with Crippen LogP contribution >= 0.6 is 15.9 Å². The molecule has 2 rings (SSSR count). The molecule has 1 amide bonds.